The average Bonchev–Trinajstić information content (AvgIpc) is 2.89. The van der Waals surface area contributed by atoms with E-state index in [4.69, 9.17) is 23.2 Å². The summed E-state index contributed by atoms with van der Waals surface area (Å²) in [6.45, 7) is 2.99. The molecule has 2 amide bonds. The summed E-state index contributed by atoms with van der Waals surface area (Å²) >= 11 is 16.1. The Hall–Kier alpha value is -2.59. The number of benzene rings is 3. The average molecular weight is 641 g/mol. The minimum absolute atomic E-state index is 0.0397. The van der Waals surface area contributed by atoms with Crippen LogP contribution in [0.3, 0.4) is 0 Å². The number of sulfonamides is 1. The van der Waals surface area contributed by atoms with Crippen molar-refractivity contribution in [1.29, 1.82) is 0 Å². The quantitative estimate of drug-likeness (QED) is 0.303. The fourth-order valence-electron chi connectivity index (χ4n) is 3.91. The van der Waals surface area contributed by atoms with Gasteiger partial charge in [0.15, 0.2) is 0 Å². The zero-order valence-corrected chi connectivity index (χ0v) is 25.0. The number of carbonyl (C=O) groups is 2. The fourth-order valence-corrected chi connectivity index (χ4v) is 6.11. The zero-order valence-electron chi connectivity index (χ0n) is 21.1. The third kappa shape index (κ3) is 6.88. The topological polar surface area (TPSA) is 86.8 Å². The van der Waals surface area contributed by atoms with E-state index in [1.54, 1.807) is 61.5 Å². The van der Waals surface area contributed by atoms with Gasteiger partial charge in [-0.25, -0.2) is 8.42 Å². The molecule has 0 saturated heterocycles. The van der Waals surface area contributed by atoms with Crippen molar-refractivity contribution in [3.8, 4) is 0 Å². The molecule has 202 valence electrons. The molecular formula is C27H28BrCl2N3O4S. The van der Waals surface area contributed by atoms with Crippen molar-refractivity contribution in [2.75, 3.05) is 17.9 Å². The maximum absolute atomic E-state index is 13.9. The molecule has 0 aliphatic rings. The Kier molecular flexibility index (Phi) is 10.2. The van der Waals surface area contributed by atoms with Gasteiger partial charge in [0.25, 0.3) is 10.0 Å². The fraction of sp³-hybridized carbons (Fsp3) is 0.259. The minimum Gasteiger partial charge on any atom is -0.357 e. The van der Waals surface area contributed by atoms with Gasteiger partial charge in [0.05, 0.1) is 10.6 Å². The Balaban J connectivity index is 2.09. The maximum atomic E-state index is 13.9. The molecule has 3 aromatic carbocycles. The van der Waals surface area contributed by atoms with E-state index >= 15 is 0 Å². The maximum Gasteiger partial charge on any atom is 0.264 e. The lowest BCUT2D eigenvalue weighted by Gasteiger charge is -2.33. The predicted octanol–water partition coefficient (Wildman–Crippen LogP) is 5.81. The van der Waals surface area contributed by atoms with Crippen LogP contribution < -0.4 is 9.62 Å². The largest absolute Gasteiger partial charge is 0.357 e. The van der Waals surface area contributed by atoms with Crippen LogP contribution >= 0.6 is 39.1 Å². The van der Waals surface area contributed by atoms with Crippen LogP contribution in [0.25, 0.3) is 0 Å². The van der Waals surface area contributed by atoms with Crippen LogP contribution in [-0.2, 0) is 26.2 Å². The first-order valence-corrected chi connectivity index (χ1v) is 14.8. The van der Waals surface area contributed by atoms with Crippen molar-refractivity contribution in [2.24, 2.45) is 0 Å². The molecule has 38 heavy (non-hydrogen) atoms. The van der Waals surface area contributed by atoms with Crippen LogP contribution in [0.2, 0.25) is 10.0 Å². The van der Waals surface area contributed by atoms with E-state index in [2.05, 4.69) is 21.2 Å². The summed E-state index contributed by atoms with van der Waals surface area (Å²) in [5, 5.41) is 3.25. The molecule has 11 heteroatoms. The summed E-state index contributed by atoms with van der Waals surface area (Å²) in [5.74, 6) is -0.976. The molecule has 3 rings (SSSR count). The van der Waals surface area contributed by atoms with Gasteiger partial charge in [0.1, 0.15) is 12.6 Å². The third-order valence-corrected chi connectivity index (χ3v) is 9.05. The number of halogens is 3. The first-order valence-electron chi connectivity index (χ1n) is 11.8. The van der Waals surface area contributed by atoms with E-state index in [-0.39, 0.29) is 23.8 Å². The first kappa shape index (κ1) is 30.0. The molecule has 7 nitrogen and oxygen atoms in total. The van der Waals surface area contributed by atoms with E-state index in [0.29, 0.717) is 21.3 Å². The standard InChI is InChI=1S/C27H28BrCl2N3O4S/c1-4-25(27(35)31-3)32(16-22-23(29)6-5-7-24(22)30)26(34)17-33(20-12-10-19(28)11-13-20)38(36,37)21-14-8-18(2)9-15-21/h5-15,25H,4,16-17H2,1-3H3,(H,31,35)/t25-/m0/s1. The van der Waals surface area contributed by atoms with Crippen LogP contribution in [-0.4, -0.2) is 44.8 Å². The number of nitrogens with zero attached hydrogens (tertiary/aromatic N) is 2. The predicted molar refractivity (Wildman–Crippen MR) is 155 cm³/mol. The second-order valence-electron chi connectivity index (χ2n) is 8.56. The molecule has 3 aromatic rings. The van der Waals surface area contributed by atoms with Crippen LogP contribution in [0.4, 0.5) is 5.69 Å². The van der Waals surface area contributed by atoms with Crippen molar-refractivity contribution in [2.45, 2.75) is 37.8 Å². The van der Waals surface area contributed by atoms with E-state index in [0.717, 1.165) is 14.3 Å². The van der Waals surface area contributed by atoms with Crippen molar-refractivity contribution in [3.63, 3.8) is 0 Å². The van der Waals surface area contributed by atoms with Gasteiger partial charge in [-0.1, -0.05) is 69.8 Å². The molecule has 0 saturated carbocycles. The summed E-state index contributed by atoms with van der Waals surface area (Å²) in [6, 6.07) is 17.1. The van der Waals surface area contributed by atoms with Crippen LogP contribution in [0.5, 0.6) is 0 Å². The Morgan fingerprint density at radius 1 is 0.974 bits per heavy atom. The van der Waals surface area contributed by atoms with Gasteiger partial charge in [-0.3, -0.25) is 13.9 Å². The Morgan fingerprint density at radius 2 is 1.55 bits per heavy atom. The number of amides is 2. The number of aryl methyl sites for hydroxylation is 1. The molecule has 0 aliphatic carbocycles. The van der Waals surface area contributed by atoms with E-state index < -0.39 is 28.5 Å². The number of nitrogens with one attached hydrogen (secondary N) is 1. The molecule has 0 unspecified atom stereocenters. The third-order valence-electron chi connectivity index (χ3n) is 6.02. The lowest BCUT2D eigenvalue weighted by molar-refractivity contribution is -0.140. The van der Waals surface area contributed by atoms with Crippen LogP contribution in [0.15, 0.2) is 76.1 Å². The highest BCUT2D eigenvalue weighted by Gasteiger charge is 2.34. The summed E-state index contributed by atoms with van der Waals surface area (Å²) in [6.07, 6.45) is 0.288. The molecule has 1 N–H and O–H groups in total. The number of hydrogen-bond donors (Lipinski definition) is 1. The van der Waals surface area contributed by atoms with E-state index in [1.807, 2.05) is 6.92 Å². The molecule has 0 fully saturated rings. The van der Waals surface area contributed by atoms with Crippen molar-refractivity contribution in [3.05, 3.63) is 92.4 Å². The first-order chi connectivity index (χ1) is 18.0. The van der Waals surface area contributed by atoms with E-state index in [9.17, 15) is 18.0 Å². The zero-order chi connectivity index (χ0) is 28.0. The summed E-state index contributed by atoms with van der Waals surface area (Å²) in [5.41, 5.74) is 1.66. The smallest absolute Gasteiger partial charge is 0.264 e. The molecule has 0 aliphatic heterocycles. The lowest BCUT2D eigenvalue weighted by Crippen LogP contribution is -2.51. The second-order valence-corrected chi connectivity index (χ2v) is 12.2. The SMILES string of the molecule is CC[C@@H](C(=O)NC)N(Cc1c(Cl)cccc1Cl)C(=O)CN(c1ccc(Br)cc1)S(=O)(=O)c1ccc(C)cc1. The molecule has 0 heterocycles. The Bertz CT molecular complexity index is 1380. The molecular weight excluding hydrogens is 613 g/mol. The number of likely N-dealkylation sites (N-methyl/N-ethyl adjacent to an activating group) is 1. The normalized spacial score (nSPS) is 12.1. The van der Waals surface area contributed by atoms with Crippen molar-refractivity contribution < 1.29 is 18.0 Å². The summed E-state index contributed by atoms with van der Waals surface area (Å²) in [4.78, 5) is 28.1. The van der Waals surface area contributed by atoms with Gasteiger partial charge in [-0.05, 0) is 61.9 Å². The summed E-state index contributed by atoms with van der Waals surface area (Å²) in [7, 11) is -2.66. The lowest BCUT2D eigenvalue weighted by atomic mass is 10.1. The number of carbonyl (C=O) groups excluding carboxylic acids is 2. The van der Waals surface area contributed by atoms with Gasteiger partial charge in [-0.2, -0.15) is 0 Å². The molecule has 0 aromatic heterocycles. The highest BCUT2D eigenvalue weighted by Crippen LogP contribution is 2.29. The van der Waals surface area contributed by atoms with Gasteiger partial charge < -0.3 is 10.2 Å². The van der Waals surface area contributed by atoms with E-state index in [1.165, 1.54) is 24.1 Å². The number of anilines is 1. The van der Waals surface area contributed by atoms with Crippen LogP contribution in [0, 0.1) is 6.92 Å². The Morgan fingerprint density at radius 3 is 2.08 bits per heavy atom. The number of rotatable bonds is 10. The van der Waals surface area contributed by atoms with Gasteiger partial charge in [0.2, 0.25) is 11.8 Å². The number of hydrogen-bond acceptors (Lipinski definition) is 4. The highest BCUT2D eigenvalue weighted by molar-refractivity contribution is 9.10. The van der Waals surface area contributed by atoms with Crippen molar-refractivity contribution in [1.82, 2.24) is 10.2 Å². The van der Waals surface area contributed by atoms with Crippen LogP contribution in [0.1, 0.15) is 24.5 Å². The molecule has 0 bridgehead atoms. The monoisotopic (exact) mass is 639 g/mol. The molecule has 0 spiro atoms. The highest BCUT2D eigenvalue weighted by atomic mass is 79.9. The Labute approximate surface area is 241 Å². The van der Waals surface area contributed by atoms with Crippen molar-refractivity contribution >= 4 is 66.7 Å². The van der Waals surface area contributed by atoms with Gasteiger partial charge in [-0.15, -0.1) is 0 Å². The minimum atomic E-state index is -4.14. The molecule has 0 radical (unpaired) electrons. The summed E-state index contributed by atoms with van der Waals surface area (Å²) < 4.78 is 29.4. The van der Waals surface area contributed by atoms with Gasteiger partial charge >= 0.3 is 0 Å². The molecule has 1 atom stereocenters. The van der Waals surface area contributed by atoms with Gasteiger partial charge in [0, 0.05) is 33.7 Å². The second kappa shape index (κ2) is 13.0.